The first-order chi connectivity index (χ1) is 17.5. The molecule has 0 fully saturated rings. The Morgan fingerprint density at radius 3 is 2.67 bits per heavy atom. The van der Waals surface area contributed by atoms with Gasteiger partial charge < -0.3 is 14.6 Å². The molecule has 0 aliphatic carbocycles. The molecule has 3 aromatic carbocycles. The first-order valence-corrected chi connectivity index (χ1v) is 12.1. The van der Waals surface area contributed by atoms with E-state index in [0.717, 1.165) is 11.8 Å². The second-order valence-corrected chi connectivity index (χ2v) is 8.40. The summed E-state index contributed by atoms with van der Waals surface area (Å²) in [5.74, 6) is 0.474. The molecule has 0 spiro atoms. The lowest BCUT2D eigenvalue weighted by molar-refractivity contribution is -0.118. The largest absolute Gasteiger partial charge is 0.504 e. The Bertz CT molecular complexity index is 1470. The Morgan fingerprint density at radius 2 is 1.92 bits per heavy atom. The van der Waals surface area contributed by atoms with E-state index < -0.39 is 5.91 Å². The topological polar surface area (TPSA) is 115 Å². The SMILES string of the molecule is CCOc1ccc(-n2c(SCC(=O)NN=Cc3cccc(OC)c3O)nc3ccccc3c2=O)cc1. The first kappa shape index (κ1) is 24.8. The van der Waals surface area contributed by atoms with Gasteiger partial charge in [0, 0.05) is 5.56 Å². The number of rotatable bonds is 9. The fourth-order valence-corrected chi connectivity index (χ4v) is 4.24. The van der Waals surface area contributed by atoms with Crippen molar-refractivity contribution in [1.29, 1.82) is 0 Å². The number of aromatic hydroxyl groups is 1. The zero-order valence-corrected chi connectivity index (χ0v) is 20.5. The standard InChI is InChI=1S/C26H24N4O5S/c1-3-35-19-13-11-18(12-14-19)30-25(33)20-8-4-5-9-21(20)28-26(30)36-16-23(31)29-27-15-17-7-6-10-22(34-2)24(17)32/h4-15,32H,3,16H2,1-2H3,(H,29,31). The number of nitrogens with one attached hydrogen (secondary N) is 1. The third-order valence-electron chi connectivity index (χ3n) is 5.13. The minimum absolute atomic E-state index is 0.0384. The Balaban J connectivity index is 1.55. The number of methoxy groups -OCH3 is 1. The van der Waals surface area contributed by atoms with Crippen molar-refractivity contribution in [3.05, 3.63) is 82.6 Å². The fourth-order valence-electron chi connectivity index (χ4n) is 3.44. The smallest absolute Gasteiger partial charge is 0.266 e. The van der Waals surface area contributed by atoms with Crippen LogP contribution in [0.5, 0.6) is 17.2 Å². The number of benzene rings is 3. The van der Waals surface area contributed by atoms with Gasteiger partial charge in [-0.2, -0.15) is 5.10 Å². The van der Waals surface area contributed by atoms with Gasteiger partial charge in [0.15, 0.2) is 16.7 Å². The fraction of sp³-hybridized carbons (Fsp3) is 0.154. The Morgan fingerprint density at radius 1 is 1.14 bits per heavy atom. The van der Waals surface area contributed by atoms with Gasteiger partial charge >= 0.3 is 0 Å². The van der Waals surface area contributed by atoms with Crippen molar-refractivity contribution < 1.29 is 19.4 Å². The number of nitrogens with zero attached hydrogens (tertiary/aromatic N) is 3. The average Bonchev–Trinajstić information content (AvgIpc) is 2.89. The highest BCUT2D eigenvalue weighted by Gasteiger charge is 2.15. The molecular weight excluding hydrogens is 480 g/mol. The third kappa shape index (κ3) is 5.49. The summed E-state index contributed by atoms with van der Waals surface area (Å²) in [6, 6.07) is 19.1. The minimum atomic E-state index is -0.403. The van der Waals surface area contributed by atoms with E-state index in [1.165, 1.54) is 17.9 Å². The van der Waals surface area contributed by atoms with Crippen LogP contribution in [0.2, 0.25) is 0 Å². The summed E-state index contributed by atoms with van der Waals surface area (Å²) < 4.78 is 12.0. The van der Waals surface area contributed by atoms with E-state index in [2.05, 4.69) is 15.5 Å². The molecule has 10 heteroatoms. The van der Waals surface area contributed by atoms with Crippen molar-refractivity contribution in [2.75, 3.05) is 19.5 Å². The summed E-state index contributed by atoms with van der Waals surface area (Å²) >= 11 is 1.11. The highest BCUT2D eigenvalue weighted by Crippen LogP contribution is 2.28. The van der Waals surface area contributed by atoms with Gasteiger partial charge in [-0.05, 0) is 55.5 Å². The number of carbonyl (C=O) groups excluding carboxylic acids is 1. The van der Waals surface area contributed by atoms with Gasteiger partial charge in [-0.15, -0.1) is 0 Å². The summed E-state index contributed by atoms with van der Waals surface area (Å²) in [6.07, 6.45) is 1.32. The molecule has 1 heterocycles. The second-order valence-electron chi connectivity index (χ2n) is 7.46. The third-order valence-corrected chi connectivity index (χ3v) is 6.06. The number of phenolic OH excluding ortho intramolecular Hbond substituents is 1. The Kier molecular flexibility index (Phi) is 7.86. The molecule has 0 aliphatic rings. The monoisotopic (exact) mass is 504 g/mol. The maximum absolute atomic E-state index is 13.3. The van der Waals surface area contributed by atoms with Gasteiger partial charge in [0.2, 0.25) is 0 Å². The summed E-state index contributed by atoms with van der Waals surface area (Å²) in [5.41, 5.74) is 3.73. The van der Waals surface area contributed by atoms with E-state index in [1.54, 1.807) is 66.7 Å². The summed E-state index contributed by atoms with van der Waals surface area (Å²) in [7, 11) is 1.45. The van der Waals surface area contributed by atoms with Crippen LogP contribution in [0.15, 0.2) is 81.8 Å². The zero-order valence-electron chi connectivity index (χ0n) is 19.7. The lowest BCUT2D eigenvalue weighted by Gasteiger charge is -2.13. The van der Waals surface area contributed by atoms with Crippen LogP contribution in [0.25, 0.3) is 16.6 Å². The van der Waals surface area contributed by atoms with Crippen molar-refractivity contribution >= 4 is 34.8 Å². The number of ether oxygens (including phenoxy) is 2. The zero-order chi connectivity index (χ0) is 25.5. The van der Waals surface area contributed by atoms with E-state index >= 15 is 0 Å². The maximum Gasteiger partial charge on any atom is 0.266 e. The molecule has 4 aromatic rings. The highest BCUT2D eigenvalue weighted by atomic mass is 32.2. The van der Waals surface area contributed by atoms with Gasteiger partial charge in [-0.3, -0.25) is 14.2 Å². The number of para-hydroxylation sites is 2. The van der Waals surface area contributed by atoms with Gasteiger partial charge in [-0.1, -0.05) is 30.0 Å². The Labute approximate surface area is 211 Å². The molecule has 1 amide bonds. The average molecular weight is 505 g/mol. The van der Waals surface area contributed by atoms with Crippen LogP contribution >= 0.6 is 11.8 Å². The van der Waals surface area contributed by atoms with Crippen LogP contribution in [0.4, 0.5) is 0 Å². The van der Waals surface area contributed by atoms with Crippen LogP contribution in [0.1, 0.15) is 12.5 Å². The highest BCUT2D eigenvalue weighted by molar-refractivity contribution is 7.99. The predicted molar refractivity (Wildman–Crippen MR) is 140 cm³/mol. The lowest BCUT2D eigenvalue weighted by Crippen LogP contribution is -2.24. The first-order valence-electron chi connectivity index (χ1n) is 11.1. The van der Waals surface area contributed by atoms with Crippen molar-refractivity contribution in [3.63, 3.8) is 0 Å². The predicted octanol–water partition coefficient (Wildman–Crippen LogP) is 3.74. The van der Waals surface area contributed by atoms with Gasteiger partial charge in [0.1, 0.15) is 5.75 Å². The quantitative estimate of drug-likeness (QED) is 0.154. The molecule has 0 bridgehead atoms. The molecular formula is C26H24N4O5S. The van der Waals surface area contributed by atoms with Gasteiger partial charge in [0.05, 0.1) is 42.3 Å². The van der Waals surface area contributed by atoms with Crippen molar-refractivity contribution in [3.8, 4) is 22.9 Å². The molecule has 0 saturated carbocycles. The second kappa shape index (κ2) is 11.4. The molecule has 0 saturated heterocycles. The number of aromatic nitrogens is 2. The summed E-state index contributed by atoms with van der Waals surface area (Å²) in [6.45, 7) is 2.43. The minimum Gasteiger partial charge on any atom is -0.504 e. The number of thioether (sulfide) groups is 1. The molecule has 4 rings (SSSR count). The molecule has 0 atom stereocenters. The lowest BCUT2D eigenvalue weighted by atomic mass is 10.2. The van der Waals surface area contributed by atoms with Crippen molar-refractivity contribution in [1.82, 2.24) is 15.0 Å². The number of hydrogen-bond donors (Lipinski definition) is 2. The molecule has 36 heavy (non-hydrogen) atoms. The number of fused-ring (bicyclic) bond motifs is 1. The van der Waals surface area contributed by atoms with E-state index in [0.29, 0.717) is 45.4 Å². The molecule has 1 aromatic heterocycles. The normalized spacial score (nSPS) is 11.1. The number of hydrogen-bond acceptors (Lipinski definition) is 8. The summed E-state index contributed by atoms with van der Waals surface area (Å²) in [5, 5.41) is 14.9. The van der Waals surface area contributed by atoms with Crippen LogP contribution in [-0.4, -0.2) is 46.2 Å². The molecule has 0 radical (unpaired) electrons. The van der Waals surface area contributed by atoms with E-state index in [-0.39, 0.29) is 17.1 Å². The van der Waals surface area contributed by atoms with Crippen LogP contribution in [0, 0.1) is 0 Å². The molecule has 0 unspecified atom stereocenters. The van der Waals surface area contributed by atoms with Gasteiger partial charge in [-0.25, -0.2) is 10.4 Å². The van der Waals surface area contributed by atoms with Gasteiger partial charge in [0.25, 0.3) is 11.5 Å². The van der Waals surface area contributed by atoms with Crippen molar-refractivity contribution in [2.24, 2.45) is 5.10 Å². The van der Waals surface area contributed by atoms with Crippen LogP contribution < -0.4 is 20.5 Å². The molecule has 0 aliphatic heterocycles. The van der Waals surface area contributed by atoms with Crippen LogP contribution in [-0.2, 0) is 4.79 Å². The van der Waals surface area contributed by atoms with Crippen LogP contribution in [0.3, 0.4) is 0 Å². The molecule has 184 valence electrons. The number of hydrazone groups is 1. The van der Waals surface area contributed by atoms with E-state index in [4.69, 9.17) is 9.47 Å². The maximum atomic E-state index is 13.3. The Hall–Kier alpha value is -4.31. The number of phenols is 1. The number of amides is 1. The summed E-state index contributed by atoms with van der Waals surface area (Å²) in [4.78, 5) is 30.4. The molecule has 9 nitrogen and oxygen atoms in total. The number of carbonyl (C=O) groups is 1. The van der Waals surface area contributed by atoms with Crippen molar-refractivity contribution in [2.45, 2.75) is 12.1 Å². The molecule has 2 N–H and O–H groups in total. The van der Waals surface area contributed by atoms with E-state index in [9.17, 15) is 14.7 Å². The van der Waals surface area contributed by atoms with E-state index in [1.807, 2.05) is 6.92 Å².